The molecule has 7 nitrogen and oxygen atoms in total. The number of rotatable bonds is 8. The van der Waals surface area contributed by atoms with Crippen molar-refractivity contribution < 1.29 is 34.1 Å². The van der Waals surface area contributed by atoms with Gasteiger partial charge in [-0.25, -0.2) is 0 Å². The van der Waals surface area contributed by atoms with Gasteiger partial charge in [-0.3, -0.25) is 9.36 Å². The maximum atomic E-state index is 12.8. The highest BCUT2D eigenvalue weighted by atomic mass is 31.2. The van der Waals surface area contributed by atoms with Crippen molar-refractivity contribution in [2.24, 2.45) is 0 Å². The summed E-state index contributed by atoms with van der Waals surface area (Å²) in [5, 5.41) is 19.5. The summed E-state index contributed by atoms with van der Waals surface area (Å²) in [6.45, 7) is 2.08. The fourth-order valence-corrected chi connectivity index (χ4v) is 5.27. The van der Waals surface area contributed by atoms with E-state index in [1.807, 2.05) is 48.5 Å². The quantitative estimate of drug-likeness (QED) is 0.0990. The second-order valence-corrected chi connectivity index (χ2v) is 11.4. The molecule has 0 aromatic heterocycles. The number of carbonyl (C=O) groups is 1. The van der Waals surface area contributed by atoms with Crippen molar-refractivity contribution in [1.29, 1.82) is 0 Å². The molecule has 0 saturated carbocycles. The summed E-state index contributed by atoms with van der Waals surface area (Å²) >= 11 is 0. The Bertz CT molecular complexity index is 1660. The van der Waals surface area contributed by atoms with E-state index in [4.69, 9.17) is 4.74 Å². The van der Waals surface area contributed by atoms with E-state index in [0.717, 1.165) is 16.7 Å². The van der Waals surface area contributed by atoms with Gasteiger partial charge in [-0.2, -0.15) is 0 Å². The van der Waals surface area contributed by atoms with Crippen LogP contribution in [0, 0.1) is 0 Å². The molecule has 0 amide bonds. The molecule has 0 unspecified atom stereocenters. The molecule has 41 heavy (non-hydrogen) atoms. The van der Waals surface area contributed by atoms with Crippen LogP contribution >= 0.6 is 7.60 Å². The Morgan fingerprint density at radius 1 is 0.585 bits per heavy atom. The van der Waals surface area contributed by atoms with Gasteiger partial charge in [0.05, 0.1) is 5.30 Å². The second-order valence-electron chi connectivity index (χ2n) is 9.79. The molecular formula is C33H27O7P. The first kappa shape index (κ1) is 27.9. The summed E-state index contributed by atoms with van der Waals surface area (Å²) in [7, 11) is -4.37. The molecule has 0 saturated heterocycles. The van der Waals surface area contributed by atoms with Crippen molar-refractivity contribution in [2.45, 2.75) is 12.3 Å². The maximum Gasteiger partial charge on any atom is 0.356 e. The van der Waals surface area contributed by atoms with Crippen molar-refractivity contribution in [2.75, 3.05) is 0 Å². The van der Waals surface area contributed by atoms with E-state index >= 15 is 0 Å². The van der Waals surface area contributed by atoms with Crippen LogP contribution in [0.4, 0.5) is 0 Å². The average Bonchev–Trinajstić information content (AvgIpc) is 2.97. The van der Waals surface area contributed by atoms with E-state index in [1.165, 1.54) is 24.3 Å². The molecular weight excluding hydrogens is 539 g/mol. The molecule has 0 aliphatic carbocycles. The number of phenolic OH excluding ortho intramolecular Hbond substituents is 2. The summed E-state index contributed by atoms with van der Waals surface area (Å²) in [6, 6.07) is 33.7. The van der Waals surface area contributed by atoms with Crippen LogP contribution in [0.5, 0.6) is 23.0 Å². The van der Waals surface area contributed by atoms with E-state index in [1.54, 1.807) is 48.5 Å². The van der Waals surface area contributed by atoms with Crippen molar-refractivity contribution >= 4 is 18.7 Å². The van der Waals surface area contributed by atoms with Gasteiger partial charge in [-0.05, 0) is 96.4 Å². The first-order chi connectivity index (χ1) is 19.5. The topological polar surface area (TPSA) is 124 Å². The molecule has 0 radical (unpaired) electrons. The number of phenols is 2. The van der Waals surface area contributed by atoms with E-state index in [2.05, 4.69) is 6.92 Å². The highest BCUT2D eigenvalue weighted by molar-refractivity contribution is 7.60. The monoisotopic (exact) mass is 566 g/mol. The first-order valence-corrected chi connectivity index (χ1v) is 14.3. The minimum atomic E-state index is -4.37. The lowest BCUT2D eigenvalue weighted by molar-refractivity contribution is 0.103. The molecule has 4 N–H and O–H groups in total. The molecule has 0 aliphatic heterocycles. The zero-order chi connectivity index (χ0) is 29.2. The third kappa shape index (κ3) is 5.93. The number of hydrogen-bond donors (Lipinski definition) is 4. The Kier molecular flexibility index (Phi) is 7.52. The molecule has 0 atom stereocenters. The van der Waals surface area contributed by atoms with Crippen molar-refractivity contribution in [3.05, 3.63) is 149 Å². The summed E-state index contributed by atoms with van der Waals surface area (Å²) in [4.78, 5) is 31.3. The average molecular weight is 567 g/mol. The third-order valence-corrected chi connectivity index (χ3v) is 8.11. The number of ether oxygens (including phenoxy) is 1. The fourth-order valence-electron chi connectivity index (χ4n) is 4.73. The van der Waals surface area contributed by atoms with Gasteiger partial charge in [0.25, 0.3) is 0 Å². The fraction of sp³-hybridized carbons (Fsp3) is 0.0606. The predicted octanol–water partition coefficient (Wildman–Crippen LogP) is 6.28. The Labute approximate surface area is 237 Å². The van der Waals surface area contributed by atoms with E-state index in [9.17, 15) is 29.4 Å². The summed E-state index contributed by atoms with van der Waals surface area (Å²) < 4.78 is 17.4. The maximum absolute atomic E-state index is 12.8. The first-order valence-electron chi connectivity index (χ1n) is 12.7. The summed E-state index contributed by atoms with van der Waals surface area (Å²) in [5.41, 5.74) is 3.06. The normalized spacial score (nSPS) is 11.7. The molecule has 0 fully saturated rings. The second kappa shape index (κ2) is 11.1. The summed E-state index contributed by atoms with van der Waals surface area (Å²) in [5.74, 6) is 1.21. The van der Waals surface area contributed by atoms with Crippen LogP contribution in [0.25, 0.3) is 0 Å². The van der Waals surface area contributed by atoms with Crippen LogP contribution in [-0.2, 0) is 9.98 Å². The zero-order valence-electron chi connectivity index (χ0n) is 22.0. The van der Waals surface area contributed by atoms with E-state index in [0.29, 0.717) is 22.6 Å². The Morgan fingerprint density at radius 2 is 0.927 bits per heavy atom. The number of hydrogen-bond acceptors (Lipinski definition) is 5. The molecule has 0 heterocycles. The van der Waals surface area contributed by atoms with Crippen LogP contribution in [0.2, 0.25) is 0 Å². The van der Waals surface area contributed by atoms with Crippen LogP contribution in [0.1, 0.15) is 39.5 Å². The SMILES string of the molecule is CC(c1ccc(O)cc1)(c1ccc(O)cc1)c1ccc(Oc2ccc(C(=O)c3ccc(P(=O)(O)O)cc3)cc2)cc1. The standard InChI is InChI=1S/C33H27O7P/c1-33(24-6-12-27(34)13-7-24,25-8-14-28(35)15-9-25)26-10-18-30(19-11-26)40-29-16-2-22(3-17-29)32(36)23-4-20-31(21-5-23)41(37,38)39/h2-21,34-35H,1H3,(H2,37,38,39). The highest BCUT2D eigenvalue weighted by Crippen LogP contribution is 2.40. The van der Waals surface area contributed by atoms with Gasteiger partial charge in [0.1, 0.15) is 23.0 Å². The molecule has 0 aliphatic rings. The molecule has 0 spiro atoms. The minimum absolute atomic E-state index is 0.143. The molecule has 5 aromatic carbocycles. The predicted molar refractivity (Wildman–Crippen MR) is 156 cm³/mol. The molecule has 5 aromatic rings. The lowest BCUT2D eigenvalue weighted by Crippen LogP contribution is -2.25. The van der Waals surface area contributed by atoms with E-state index in [-0.39, 0.29) is 22.6 Å². The Balaban J connectivity index is 1.35. The Morgan fingerprint density at radius 3 is 1.32 bits per heavy atom. The largest absolute Gasteiger partial charge is 0.508 e. The van der Waals surface area contributed by atoms with Crippen LogP contribution in [0.15, 0.2) is 121 Å². The highest BCUT2D eigenvalue weighted by Gasteiger charge is 2.31. The molecule has 8 heteroatoms. The Hall–Kier alpha value is -4.68. The minimum Gasteiger partial charge on any atom is -0.508 e. The van der Waals surface area contributed by atoms with Gasteiger partial charge >= 0.3 is 7.60 Å². The van der Waals surface area contributed by atoms with Crippen LogP contribution < -0.4 is 10.0 Å². The van der Waals surface area contributed by atoms with Crippen LogP contribution in [-0.4, -0.2) is 25.8 Å². The molecule has 5 rings (SSSR count). The lowest BCUT2D eigenvalue weighted by Gasteiger charge is -2.32. The lowest BCUT2D eigenvalue weighted by atomic mass is 9.71. The van der Waals surface area contributed by atoms with Gasteiger partial charge in [-0.15, -0.1) is 0 Å². The smallest absolute Gasteiger partial charge is 0.356 e. The number of aromatic hydroxyl groups is 2. The van der Waals surface area contributed by atoms with Gasteiger partial charge in [0.15, 0.2) is 5.78 Å². The molecule has 0 bridgehead atoms. The molecule has 206 valence electrons. The zero-order valence-corrected chi connectivity index (χ0v) is 22.9. The van der Waals surface area contributed by atoms with Crippen molar-refractivity contribution in [3.63, 3.8) is 0 Å². The number of carbonyl (C=O) groups excluding carboxylic acids is 1. The number of benzene rings is 5. The van der Waals surface area contributed by atoms with Crippen molar-refractivity contribution in [3.8, 4) is 23.0 Å². The van der Waals surface area contributed by atoms with E-state index < -0.39 is 13.0 Å². The summed E-state index contributed by atoms with van der Waals surface area (Å²) in [6.07, 6.45) is 0. The number of ketones is 1. The van der Waals surface area contributed by atoms with Crippen LogP contribution in [0.3, 0.4) is 0 Å². The van der Waals surface area contributed by atoms with Gasteiger partial charge in [-0.1, -0.05) is 48.5 Å². The van der Waals surface area contributed by atoms with Gasteiger partial charge in [0.2, 0.25) is 0 Å². The van der Waals surface area contributed by atoms with Gasteiger partial charge in [0, 0.05) is 16.5 Å². The van der Waals surface area contributed by atoms with Crippen molar-refractivity contribution in [1.82, 2.24) is 0 Å². The third-order valence-electron chi connectivity index (χ3n) is 7.14. The van der Waals surface area contributed by atoms with Gasteiger partial charge < -0.3 is 24.7 Å².